The molecule has 1 rings (SSSR count). The van der Waals surface area contributed by atoms with Gasteiger partial charge in [-0.05, 0) is 30.7 Å². The van der Waals surface area contributed by atoms with Gasteiger partial charge in [-0.15, -0.1) is 11.3 Å². The standard InChI is InChI=1S/C12H14N2OS/c1-3-4-5-9(13)8(2)10-6-7-11(16-10)12(14)15/h3-7H,1,13H2,2H3,(H2,14,15)/b5-4-,9-8-. The molecule has 0 aliphatic rings. The van der Waals surface area contributed by atoms with Gasteiger partial charge in [-0.25, -0.2) is 0 Å². The number of amides is 1. The van der Waals surface area contributed by atoms with Crippen LogP contribution in [0.15, 0.2) is 42.6 Å². The van der Waals surface area contributed by atoms with E-state index < -0.39 is 5.91 Å². The molecule has 0 aliphatic heterocycles. The van der Waals surface area contributed by atoms with Gasteiger partial charge in [-0.1, -0.05) is 18.7 Å². The molecule has 0 saturated heterocycles. The number of carbonyl (C=O) groups is 1. The first-order valence-electron chi connectivity index (χ1n) is 4.71. The van der Waals surface area contributed by atoms with E-state index in [0.29, 0.717) is 10.6 Å². The summed E-state index contributed by atoms with van der Waals surface area (Å²) in [5.74, 6) is -0.413. The molecule has 1 aromatic heterocycles. The van der Waals surface area contributed by atoms with Gasteiger partial charge >= 0.3 is 0 Å². The van der Waals surface area contributed by atoms with Crippen LogP contribution in [0.3, 0.4) is 0 Å². The van der Waals surface area contributed by atoms with E-state index in [1.54, 1.807) is 24.3 Å². The summed E-state index contributed by atoms with van der Waals surface area (Å²) in [6, 6.07) is 3.55. The molecule has 0 atom stereocenters. The van der Waals surface area contributed by atoms with Crippen LogP contribution in [0.5, 0.6) is 0 Å². The monoisotopic (exact) mass is 234 g/mol. The Kier molecular flexibility index (Phi) is 4.08. The zero-order valence-corrected chi connectivity index (χ0v) is 9.88. The third-order valence-electron chi connectivity index (χ3n) is 2.06. The topological polar surface area (TPSA) is 69.1 Å². The summed E-state index contributed by atoms with van der Waals surface area (Å²) in [7, 11) is 0. The van der Waals surface area contributed by atoms with E-state index >= 15 is 0 Å². The summed E-state index contributed by atoms with van der Waals surface area (Å²) in [5.41, 5.74) is 12.6. The first-order chi connectivity index (χ1) is 7.56. The summed E-state index contributed by atoms with van der Waals surface area (Å²) in [6.07, 6.45) is 5.19. The van der Waals surface area contributed by atoms with Crippen LogP contribution < -0.4 is 11.5 Å². The first-order valence-corrected chi connectivity index (χ1v) is 5.53. The van der Waals surface area contributed by atoms with Crippen molar-refractivity contribution in [3.8, 4) is 0 Å². The van der Waals surface area contributed by atoms with Gasteiger partial charge in [0.1, 0.15) is 0 Å². The van der Waals surface area contributed by atoms with Gasteiger partial charge in [0, 0.05) is 10.6 Å². The van der Waals surface area contributed by atoms with E-state index in [1.165, 1.54) is 11.3 Å². The van der Waals surface area contributed by atoms with Crippen LogP contribution >= 0.6 is 11.3 Å². The van der Waals surface area contributed by atoms with Crippen LogP contribution in [0, 0.1) is 0 Å². The highest BCUT2D eigenvalue weighted by molar-refractivity contribution is 7.15. The predicted molar refractivity (Wildman–Crippen MR) is 69.0 cm³/mol. The molecule has 0 fully saturated rings. The quantitative estimate of drug-likeness (QED) is 0.785. The zero-order valence-electron chi connectivity index (χ0n) is 9.07. The molecule has 3 nitrogen and oxygen atoms in total. The third-order valence-corrected chi connectivity index (χ3v) is 3.28. The maximum Gasteiger partial charge on any atom is 0.258 e. The van der Waals surface area contributed by atoms with E-state index in [2.05, 4.69) is 6.58 Å². The normalized spacial score (nSPS) is 12.6. The number of rotatable bonds is 4. The Labute approximate surface area is 98.8 Å². The fourth-order valence-electron chi connectivity index (χ4n) is 1.11. The first kappa shape index (κ1) is 12.3. The van der Waals surface area contributed by atoms with Crippen LogP contribution in [0.25, 0.3) is 5.57 Å². The summed E-state index contributed by atoms with van der Waals surface area (Å²) in [5, 5.41) is 0. The molecule has 84 valence electrons. The highest BCUT2D eigenvalue weighted by Crippen LogP contribution is 2.25. The smallest absolute Gasteiger partial charge is 0.258 e. The molecule has 0 radical (unpaired) electrons. The molecular formula is C12H14N2OS. The summed E-state index contributed by atoms with van der Waals surface area (Å²) in [4.78, 5) is 12.4. The van der Waals surface area contributed by atoms with E-state index in [4.69, 9.17) is 11.5 Å². The van der Waals surface area contributed by atoms with Crippen LogP contribution in [-0.4, -0.2) is 5.91 Å². The number of thiophene rings is 1. The average Bonchev–Trinajstić information content (AvgIpc) is 2.74. The minimum atomic E-state index is -0.413. The molecule has 1 heterocycles. The van der Waals surface area contributed by atoms with Gasteiger partial charge in [0.2, 0.25) is 0 Å². The molecule has 1 aromatic rings. The Morgan fingerprint density at radius 3 is 2.50 bits per heavy atom. The third kappa shape index (κ3) is 2.84. The van der Waals surface area contributed by atoms with Gasteiger partial charge < -0.3 is 11.5 Å². The number of nitrogens with two attached hydrogens (primary N) is 2. The van der Waals surface area contributed by atoms with Crippen LogP contribution in [0.4, 0.5) is 0 Å². The Morgan fingerprint density at radius 1 is 1.38 bits per heavy atom. The molecule has 1 amide bonds. The van der Waals surface area contributed by atoms with E-state index in [-0.39, 0.29) is 0 Å². The molecule has 16 heavy (non-hydrogen) atoms. The van der Waals surface area contributed by atoms with Crippen molar-refractivity contribution < 1.29 is 4.79 Å². The fraction of sp³-hybridized carbons (Fsp3) is 0.0833. The summed E-state index contributed by atoms with van der Waals surface area (Å²) in [6.45, 7) is 5.47. The maximum atomic E-state index is 10.9. The molecule has 4 heteroatoms. The van der Waals surface area contributed by atoms with Crippen LogP contribution in [0.1, 0.15) is 21.5 Å². The lowest BCUT2D eigenvalue weighted by atomic mass is 10.2. The molecule has 0 bridgehead atoms. The minimum absolute atomic E-state index is 0.413. The van der Waals surface area contributed by atoms with Crippen molar-refractivity contribution >= 4 is 22.8 Å². The van der Waals surface area contributed by atoms with Gasteiger partial charge in [0.05, 0.1) is 4.88 Å². The largest absolute Gasteiger partial charge is 0.398 e. The lowest BCUT2D eigenvalue weighted by molar-refractivity contribution is 0.100. The SMILES string of the molecule is C=C/C=C\C(N)=C(/C)c1ccc(C(N)=O)s1. The van der Waals surface area contributed by atoms with Crippen molar-refractivity contribution in [3.63, 3.8) is 0 Å². The minimum Gasteiger partial charge on any atom is -0.398 e. The maximum absolute atomic E-state index is 10.9. The summed E-state index contributed by atoms with van der Waals surface area (Å²) >= 11 is 1.34. The van der Waals surface area contributed by atoms with Crippen molar-refractivity contribution in [2.45, 2.75) is 6.92 Å². The highest BCUT2D eigenvalue weighted by Gasteiger charge is 2.07. The Balaban J connectivity index is 3.03. The van der Waals surface area contributed by atoms with E-state index in [1.807, 2.05) is 13.0 Å². The lowest BCUT2D eigenvalue weighted by Crippen LogP contribution is -2.08. The van der Waals surface area contributed by atoms with Crippen molar-refractivity contribution in [2.75, 3.05) is 0 Å². The van der Waals surface area contributed by atoms with Crippen molar-refractivity contribution in [3.05, 3.63) is 52.4 Å². The Hall–Kier alpha value is -1.81. The molecular weight excluding hydrogens is 220 g/mol. The Morgan fingerprint density at radius 2 is 2.00 bits per heavy atom. The molecule has 0 aliphatic carbocycles. The van der Waals surface area contributed by atoms with E-state index in [0.717, 1.165) is 10.5 Å². The van der Waals surface area contributed by atoms with Gasteiger partial charge in [-0.2, -0.15) is 0 Å². The molecule has 0 spiro atoms. The van der Waals surface area contributed by atoms with Gasteiger partial charge in [-0.3, -0.25) is 4.79 Å². The molecule has 0 unspecified atom stereocenters. The second-order valence-electron chi connectivity index (χ2n) is 3.20. The fourth-order valence-corrected chi connectivity index (χ4v) is 1.99. The lowest BCUT2D eigenvalue weighted by Gasteiger charge is -2.00. The van der Waals surface area contributed by atoms with Crippen molar-refractivity contribution in [2.24, 2.45) is 11.5 Å². The average molecular weight is 234 g/mol. The number of hydrogen-bond acceptors (Lipinski definition) is 3. The van der Waals surface area contributed by atoms with Gasteiger partial charge in [0.15, 0.2) is 0 Å². The molecule has 0 aromatic carbocycles. The second-order valence-corrected chi connectivity index (χ2v) is 4.29. The number of primary amides is 1. The van der Waals surface area contributed by atoms with Crippen molar-refractivity contribution in [1.29, 1.82) is 0 Å². The highest BCUT2D eigenvalue weighted by atomic mass is 32.1. The molecule has 0 saturated carbocycles. The van der Waals surface area contributed by atoms with Crippen LogP contribution in [-0.2, 0) is 0 Å². The van der Waals surface area contributed by atoms with E-state index in [9.17, 15) is 4.79 Å². The summed E-state index contributed by atoms with van der Waals surface area (Å²) < 4.78 is 0. The molecule has 4 N–H and O–H groups in total. The van der Waals surface area contributed by atoms with Crippen LogP contribution in [0.2, 0.25) is 0 Å². The number of carbonyl (C=O) groups excluding carboxylic acids is 1. The second kappa shape index (κ2) is 5.32. The van der Waals surface area contributed by atoms with Gasteiger partial charge in [0.25, 0.3) is 5.91 Å². The van der Waals surface area contributed by atoms with Crippen molar-refractivity contribution in [1.82, 2.24) is 0 Å². The zero-order chi connectivity index (χ0) is 12.1. The number of hydrogen-bond donors (Lipinski definition) is 2. The number of allylic oxidation sites excluding steroid dienone is 4. The Bertz CT molecular complexity index is 469. The predicted octanol–water partition coefficient (Wildman–Crippen LogP) is 2.28.